The maximum Gasteiger partial charge on any atom is 0.157 e. The van der Waals surface area contributed by atoms with Gasteiger partial charge in [0.15, 0.2) is 5.82 Å². The van der Waals surface area contributed by atoms with Crippen LogP contribution in [-0.2, 0) is 0 Å². The van der Waals surface area contributed by atoms with Gasteiger partial charge in [0.25, 0.3) is 0 Å². The first-order valence-corrected chi connectivity index (χ1v) is 5.96. The van der Waals surface area contributed by atoms with Crippen LogP contribution in [0.25, 0.3) is 11.5 Å². The monoisotopic (exact) mass is 295 g/mol. The predicted molar refractivity (Wildman–Crippen MR) is 69.8 cm³/mol. The Balaban J connectivity index is 2.59. The van der Waals surface area contributed by atoms with Crippen LogP contribution < -0.4 is 0 Å². The number of hydrogen-bond donors (Lipinski definition) is 1. The van der Waals surface area contributed by atoms with E-state index in [-0.39, 0.29) is 0 Å². The van der Waals surface area contributed by atoms with Crippen molar-refractivity contribution in [1.29, 1.82) is 0 Å². The average molecular weight is 296 g/mol. The second kappa shape index (κ2) is 4.43. The number of hydrogen-bond acceptors (Lipinski definition) is 3. The molecule has 3 nitrogen and oxygen atoms in total. The molecule has 2 aromatic heterocycles. The molecule has 0 saturated heterocycles. The number of aromatic nitrogens is 3. The molecular weight excluding hydrogens is 286 g/mol. The van der Waals surface area contributed by atoms with Gasteiger partial charge in [0, 0.05) is 12.4 Å². The first-order valence-electron chi connectivity index (χ1n) is 4.76. The Hall–Kier alpha value is -1.07. The molecule has 0 amide bonds. The summed E-state index contributed by atoms with van der Waals surface area (Å²) in [6, 6.07) is 2.07. The van der Waals surface area contributed by atoms with Gasteiger partial charge in [0.2, 0.25) is 0 Å². The molecule has 0 fully saturated rings. The topological polar surface area (TPSA) is 41.6 Å². The molecule has 2 rings (SSSR count). The molecule has 0 aliphatic rings. The van der Waals surface area contributed by atoms with Crippen LogP contribution in [0.15, 0.2) is 22.9 Å². The van der Waals surface area contributed by atoms with E-state index in [4.69, 9.17) is 12.2 Å². The Bertz CT molecular complexity index is 592. The van der Waals surface area contributed by atoms with Gasteiger partial charge >= 0.3 is 0 Å². The van der Waals surface area contributed by atoms with Gasteiger partial charge in [-0.25, -0.2) is 4.98 Å². The van der Waals surface area contributed by atoms with Crippen molar-refractivity contribution in [3.8, 4) is 11.5 Å². The van der Waals surface area contributed by atoms with Gasteiger partial charge in [-0.3, -0.25) is 4.98 Å². The number of aryl methyl sites for hydroxylation is 2. The van der Waals surface area contributed by atoms with Crippen molar-refractivity contribution < 1.29 is 0 Å². The lowest BCUT2D eigenvalue weighted by Gasteiger charge is -2.05. The molecule has 0 aliphatic heterocycles. The third-order valence-corrected chi connectivity index (χ3v) is 3.38. The highest BCUT2D eigenvalue weighted by molar-refractivity contribution is 9.10. The highest BCUT2D eigenvalue weighted by atomic mass is 79.9. The van der Waals surface area contributed by atoms with Gasteiger partial charge in [-0.2, -0.15) is 0 Å². The second-order valence-corrected chi connectivity index (χ2v) is 4.85. The first-order chi connectivity index (χ1) is 7.58. The number of aromatic amines is 1. The zero-order valence-corrected chi connectivity index (χ0v) is 11.3. The number of nitrogens with one attached hydrogen (secondary N) is 1. The lowest BCUT2D eigenvalue weighted by molar-refractivity contribution is 1.09. The van der Waals surface area contributed by atoms with Crippen LogP contribution in [0.2, 0.25) is 0 Å². The van der Waals surface area contributed by atoms with Gasteiger partial charge in [0.1, 0.15) is 10.3 Å². The summed E-state index contributed by atoms with van der Waals surface area (Å²) >= 11 is 8.45. The van der Waals surface area contributed by atoms with Gasteiger partial charge in [0.05, 0.1) is 4.47 Å². The van der Waals surface area contributed by atoms with Crippen molar-refractivity contribution in [3.63, 3.8) is 0 Å². The molecular formula is C11H10BrN3S. The summed E-state index contributed by atoms with van der Waals surface area (Å²) in [5.41, 5.74) is 3.06. The van der Waals surface area contributed by atoms with Crippen LogP contribution in [0.3, 0.4) is 0 Å². The molecule has 0 aromatic carbocycles. The molecule has 0 radical (unpaired) electrons. The number of rotatable bonds is 1. The van der Waals surface area contributed by atoms with Crippen molar-refractivity contribution >= 4 is 28.1 Å². The summed E-state index contributed by atoms with van der Waals surface area (Å²) in [5, 5.41) is 0. The van der Waals surface area contributed by atoms with Gasteiger partial charge in [-0.1, -0.05) is 18.3 Å². The summed E-state index contributed by atoms with van der Waals surface area (Å²) < 4.78 is 1.42. The van der Waals surface area contributed by atoms with Crippen molar-refractivity contribution in [2.75, 3.05) is 0 Å². The number of halogens is 1. The van der Waals surface area contributed by atoms with E-state index in [9.17, 15) is 0 Å². The second-order valence-electron chi connectivity index (χ2n) is 3.59. The average Bonchev–Trinajstić information content (AvgIpc) is 2.22. The van der Waals surface area contributed by atoms with Crippen molar-refractivity contribution in [3.05, 3.63) is 38.7 Å². The van der Waals surface area contributed by atoms with E-state index >= 15 is 0 Å². The van der Waals surface area contributed by atoms with E-state index in [1.165, 1.54) is 0 Å². The molecule has 82 valence electrons. The zero-order chi connectivity index (χ0) is 11.7. The van der Waals surface area contributed by atoms with E-state index in [2.05, 4.69) is 36.9 Å². The van der Waals surface area contributed by atoms with E-state index < -0.39 is 0 Å². The van der Waals surface area contributed by atoms with Gasteiger partial charge in [-0.15, -0.1) is 0 Å². The fraction of sp³-hybridized carbons (Fsp3) is 0.182. The Kier molecular flexibility index (Phi) is 3.16. The molecule has 1 N–H and O–H groups in total. The van der Waals surface area contributed by atoms with Crippen LogP contribution in [0, 0.1) is 18.5 Å². The van der Waals surface area contributed by atoms with Crippen LogP contribution in [0.1, 0.15) is 11.1 Å². The summed E-state index contributed by atoms with van der Waals surface area (Å²) in [6.07, 6.45) is 3.51. The quantitative estimate of drug-likeness (QED) is 0.818. The minimum absolute atomic E-state index is 0.631. The maximum atomic E-state index is 5.14. The third kappa shape index (κ3) is 2.20. The van der Waals surface area contributed by atoms with E-state index in [0.29, 0.717) is 10.5 Å². The summed E-state index contributed by atoms with van der Waals surface area (Å²) in [5.74, 6) is 0.700. The molecule has 0 saturated carbocycles. The molecule has 16 heavy (non-hydrogen) atoms. The zero-order valence-electron chi connectivity index (χ0n) is 8.91. The largest absolute Gasteiger partial charge is 0.329 e. The summed E-state index contributed by atoms with van der Waals surface area (Å²) in [7, 11) is 0. The Morgan fingerprint density at radius 1 is 1.25 bits per heavy atom. The highest BCUT2D eigenvalue weighted by Crippen LogP contribution is 2.19. The van der Waals surface area contributed by atoms with E-state index in [1.807, 2.05) is 20.0 Å². The van der Waals surface area contributed by atoms with Crippen molar-refractivity contribution in [2.45, 2.75) is 13.8 Å². The molecule has 0 bridgehead atoms. The minimum Gasteiger partial charge on any atom is -0.329 e. The highest BCUT2D eigenvalue weighted by Gasteiger charge is 2.06. The number of H-pyrrole nitrogens is 1. The third-order valence-electron chi connectivity index (χ3n) is 2.20. The molecule has 5 heteroatoms. The predicted octanol–water partition coefficient (Wildman–Crippen LogP) is 3.58. The van der Waals surface area contributed by atoms with Crippen LogP contribution >= 0.6 is 28.1 Å². The molecule has 2 aromatic rings. The Labute approximate surface area is 107 Å². The minimum atomic E-state index is 0.631. The smallest absolute Gasteiger partial charge is 0.157 e. The Morgan fingerprint density at radius 2 is 2.00 bits per heavy atom. The molecule has 0 spiro atoms. The number of pyridine rings is 1. The maximum absolute atomic E-state index is 5.14. The lowest BCUT2D eigenvalue weighted by Crippen LogP contribution is -1.95. The molecule has 0 atom stereocenters. The SMILES string of the molecule is Cc1cnc(-c2ncc(Br)c(=S)[nH]2)c(C)c1. The fourth-order valence-corrected chi connectivity index (χ4v) is 1.81. The Morgan fingerprint density at radius 3 is 2.62 bits per heavy atom. The van der Waals surface area contributed by atoms with Crippen molar-refractivity contribution in [1.82, 2.24) is 15.0 Å². The van der Waals surface area contributed by atoms with Gasteiger partial charge in [-0.05, 0) is 40.9 Å². The molecule has 2 heterocycles. The fourth-order valence-electron chi connectivity index (χ4n) is 1.46. The lowest BCUT2D eigenvalue weighted by atomic mass is 10.1. The normalized spacial score (nSPS) is 10.4. The van der Waals surface area contributed by atoms with E-state index in [1.54, 1.807) is 6.20 Å². The summed E-state index contributed by atoms with van der Waals surface area (Å²) in [4.78, 5) is 11.7. The van der Waals surface area contributed by atoms with Crippen LogP contribution in [-0.4, -0.2) is 15.0 Å². The first kappa shape index (κ1) is 11.4. The van der Waals surface area contributed by atoms with Crippen LogP contribution in [0.4, 0.5) is 0 Å². The molecule has 0 aliphatic carbocycles. The van der Waals surface area contributed by atoms with Gasteiger partial charge < -0.3 is 4.98 Å². The van der Waals surface area contributed by atoms with Crippen LogP contribution in [0.5, 0.6) is 0 Å². The van der Waals surface area contributed by atoms with Crippen molar-refractivity contribution in [2.24, 2.45) is 0 Å². The molecule has 0 unspecified atom stereocenters. The summed E-state index contributed by atoms with van der Waals surface area (Å²) in [6.45, 7) is 4.02. The van der Waals surface area contributed by atoms with E-state index in [0.717, 1.165) is 21.3 Å². The standard InChI is InChI=1S/C11H10BrN3S/c1-6-3-7(2)9(13-4-6)10-14-5-8(12)11(16)15-10/h3-5H,1-2H3,(H,14,15,16). The number of nitrogens with zero attached hydrogens (tertiary/aromatic N) is 2.